The number of carbonyl (C=O) groups is 2. The van der Waals surface area contributed by atoms with Gasteiger partial charge in [0.25, 0.3) is 5.91 Å². The predicted octanol–water partition coefficient (Wildman–Crippen LogP) is 1.39. The van der Waals surface area contributed by atoms with E-state index in [9.17, 15) is 9.59 Å². The zero-order valence-electron chi connectivity index (χ0n) is 13.4. The number of ether oxygens (including phenoxy) is 4. The molecular weight excluding hydrogens is 290 g/mol. The first-order valence-corrected chi connectivity index (χ1v) is 6.69. The molecule has 0 aliphatic carbocycles. The Hall–Kier alpha value is -2.44. The van der Waals surface area contributed by atoms with Crippen LogP contribution >= 0.6 is 0 Å². The molecule has 0 radical (unpaired) electrons. The zero-order valence-corrected chi connectivity index (χ0v) is 13.4. The minimum absolute atomic E-state index is 0.0209. The quantitative estimate of drug-likeness (QED) is 0.766. The highest BCUT2D eigenvalue weighted by atomic mass is 16.5. The van der Waals surface area contributed by atoms with Crippen molar-refractivity contribution in [2.45, 2.75) is 19.9 Å². The van der Waals surface area contributed by atoms with Crippen molar-refractivity contribution in [3.63, 3.8) is 0 Å². The lowest BCUT2D eigenvalue weighted by Crippen LogP contribution is -2.33. The standard InChI is InChI=1S/C15H21NO6/c1-9(2)16-13(17)8-22-15(18)10-6-11(19-3)14(21-5)12(7-10)20-4/h6-7,9H,8H2,1-5H3,(H,16,17). The van der Waals surface area contributed by atoms with Gasteiger partial charge in [-0.1, -0.05) is 0 Å². The van der Waals surface area contributed by atoms with Gasteiger partial charge in [-0.05, 0) is 26.0 Å². The van der Waals surface area contributed by atoms with Gasteiger partial charge in [0.15, 0.2) is 18.1 Å². The summed E-state index contributed by atoms with van der Waals surface area (Å²) in [6, 6.07) is 2.90. The van der Waals surface area contributed by atoms with E-state index in [1.54, 1.807) is 0 Å². The molecule has 1 N–H and O–H groups in total. The van der Waals surface area contributed by atoms with Crippen LogP contribution in [0.15, 0.2) is 12.1 Å². The summed E-state index contributed by atoms with van der Waals surface area (Å²) in [4.78, 5) is 23.5. The van der Waals surface area contributed by atoms with Gasteiger partial charge in [-0.15, -0.1) is 0 Å². The van der Waals surface area contributed by atoms with E-state index in [0.717, 1.165) is 0 Å². The normalized spacial score (nSPS) is 10.1. The average Bonchev–Trinajstić information content (AvgIpc) is 2.50. The smallest absolute Gasteiger partial charge is 0.338 e. The number of benzene rings is 1. The summed E-state index contributed by atoms with van der Waals surface area (Å²) in [5, 5.41) is 2.63. The first kappa shape index (κ1) is 17.6. The molecule has 0 spiro atoms. The second kappa shape index (κ2) is 8.11. The van der Waals surface area contributed by atoms with E-state index >= 15 is 0 Å². The lowest BCUT2D eigenvalue weighted by atomic mass is 10.2. The maximum Gasteiger partial charge on any atom is 0.338 e. The molecular formula is C15H21NO6. The van der Waals surface area contributed by atoms with Gasteiger partial charge in [-0.25, -0.2) is 4.79 Å². The predicted molar refractivity (Wildman–Crippen MR) is 79.7 cm³/mol. The highest BCUT2D eigenvalue weighted by Crippen LogP contribution is 2.38. The fourth-order valence-corrected chi connectivity index (χ4v) is 1.78. The molecule has 7 nitrogen and oxygen atoms in total. The lowest BCUT2D eigenvalue weighted by Gasteiger charge is -2.14. The van der Waals surface area contributed by atoms with Crippen LogP contribution in [-0.2, 0) is 9.53 Å². The van der Waals surface area contributed by atoms with Crippen LogP contribution in [0.3, 0.4) is 0 Å². The van der Waals surface area contributed by atoms with E-state index in [4.69, 9.17) is 18.9 Å². The van der Waals surface area contributed by atoms with Crippen molar-refractivity contribution in [2.24, 2.45) is 0 Å². The van der Waals surface area contributed by atoms with Crippen LogP contribution in [0.5, 0.6) is 17.2 Å². The molecule has 1 aromatic rings. The van der Waals surface area contributed by atoms with Crippen molar-refractivity contribution in [1.82, 2.24) is 5.32 Å². The number of amides is 1. The second-order valence-electron chi connectivity index (χ2n) is 4.71. The van der Waals surface area contributed by atoms with Crippen LogP contribution < -0.4 is 19.5 Å². The van der Waals surface area contributed by atoms with Gasteiger partial charge in [0.1, 0.15) is 0 Å². The second-order valence-corrected chi connectivity index (χ2v) is 4.71. The van der Waals surface area contributed by atoms with E-state index in [1.807, 2.05) is 13.8 Å². The summed E-state index contributed by atoms with van der Waals surface area (Å²) in [5.41, 5.74) is 0.201. The highest BCUT2D eigenvalue weighted by molar-refractivity contribution is 5.92. The van der Waals surface area contributed by atoms with Crippen molar-refractivity contribution < 1.29 is 28.5 Å². The third-order valence-electron chi connectivity index (χ3n) is 2.68. The third-order valence-corrected chi connectivity index (χ3v) is 2.68. The summed E-state index contributed by atoms with van der Waals surface area (Å²) in [6.45, 7) is 3.28. The number of esters is 1. The fourth-order valence-electron chi connectivity index (χ4n) is 1.78. The van der Waals surface area contributed by atoms with E-state index < -0.39 is 5.97 Å². The number of carbonyl (C=O) groups excluding carboxylic acids is 2. The Labute approximate surface area is 129 Å². The molecule has 1 amide bonds. The highest BCUT2D eigenvalue weighted by Gasteiger charge is 2.18. The maximum atomic E-state index is 12.0. The summed E-state index contributed by atoms with van der Waals surface area (Å²) in [6.07, 6.45) is 0. The first-order chi connectivity index (χ1) is 10.4. The molecule has 0 bridgehead atoms. The van der Waals surface area contributed by atoms with E-state index in [1.165, 1.54) is 33.5 Å². The van der Waals surface area contributed by atoms with Crippen LogP contribution in [-0.4, -0.2) is 45.9 Å². The van der Waals surface area contributed by atoms with Crippen LogP contribution in [0.25, 0.3) is 0 Å². The van der Waals surface area contributed by atoms with Crippen molar-refractivity contribution in [3.05, 3.63) is 17.7 Å². The zero-order chi connectivity index (χ0) is 16.7. The van der Waals surface area contributed by atoms with Gasteiger partial charge in [-0.3, -0.25) is 4.79 Å². The van der Waals surface area contributed by atoms with Crippen molar-refractivity contribution >= 4 is 11.9 Å². The van der Waals surface area contributed by atoms with Gasteiger partial charge in [0.05, 0.1) is 26.9 Å². The first-order valence-electron chi connectivity index (χ1n) is 6.69. The summed E-state index contributed by atoms with van der Waals surface area (Å²) >= 11 is 0. The number of hydrogen-bond donors (Lipinski definition) is 1. The fraction of sp³-hybridized carbons (Fsp3) is 0.467. The summed E-state index contributed by atoms with van der Waals surface area (Å²) < 4.78 is 20.4. The van der Waals surface area contributed by atoms with Gasteiger partial charge in [-0.2, -0.15) is 0 Å². The average molecular weight is 311 g/mol. The van der Waals surface area contributed by atoms with Gasteiger partial charge < -0.3 is 24.3 Å². The molecule has 1 aromatic carbocycles. The number of nitrogens with one attached hydrogen (secondary N) is 1. The molecule has 7 heteroatoms. The van der Waals surface area contributed by atoms with Crippen molar-refractivity contribution in [1.29, 1.82) is 0 Å². The summed E-state index contributed by atoms with van der Waals surface area (Å²) in [7, 11) is 4.36. The lowest BCUT2D eigenvalue weighted by molar-refractivity contribution is -0.124. The Bertz CT molecular complexity index is 516. The van der Waals surface area contributed by atoms with Crippen LogP contribution in [0.2, 0.25) is 0 Å². The minimum Gasteiger partial charge on any atom is -0.493 e. The molecule has 0 unspecified atom stereocenters. The van der Waals surface area contributed by atoms with E-state index in [-0.39, 0.29) is 24.1 Å². The van der Waals surface area contributed by atoms with Gasteiger partial charge in [0, 0.05) is 6.04 Å². The topological polar surface area (TPSA) is 83.1 Å². The molecule has 0 aromatic heterocycles. The SMILES string of the molecule is COc1cc(C(=O)OCC(=O)NC(C)C)cc(OC)c1OC. The Morgan fingerprint density at radius 3 is 2.00 bits per heavy atom. The van der Waals surface area contributed by atoms with Crippen molar-refractivity contribution in [2.75, 3.05) is 27.9 Å². The van der Waals surface area contributed by atoms with Crippen LogP contribution in [0, 0.1) is 0 Å². The van der Waals surface area contributed by atoms with E-state index in [2.05, 4.69) is 5.32 Å². The molecule has 0 saturated heterocycles. The number of hydrogen-bond acceptors (Lipinski definition) is 6. The molecule has 0 fully saturated rings. The monoisotopic (exact) mass is 311 g/mol. The minimum atomic E-state index is -0.654. The number of rotatable bonds is 7. The van der Waals surface area contributed by atoms with Gasteiger partial charge in [0.2, 0.25) is 5.75 Å². The molecule has 1 rings (SSSR count). The molecule has 122 valence electrons. The van der Waals surface area contributed by atoms with Crippen LogP contribution in [0.1, 0.15) is 24.2 Å². The Balaban J connectivity index is 2.87. The molecule has 22 heavy (non-hydrogen) atoms. The summed E-state index contributed by atoms with van der Waals surface area (Å²) in [5.74, 6) is 0.0221. The molecule has 0 heterocycles. The largest absolute Gasteiger partial charge is 0.493 e. The van der Waals surface area contributed by atoms with Crippen LogP contribution in [0.4, 0.5) is 0 Å². The Morgan fingerprint density at radius 1 is 1.05 bits per heavy atom. The molecule has 0 aliphatic heterocycles. The Morgan fingerprint density at radius 2 is 1.59 bits per heavy atom. The maximum absolute atomic E-state index is 12.0. The number of methoxy groups -OCH3 is 3. The van der Waals surface area contributed by atoms with Gasteiger partial charge >= 0.3 is 5.97 Å². The van der Waals surface area contributed by atoms with E-state index in [0.29, 0.717) is 17.2 Å². The third kappa shape index (κ3) is 4.54. The van der Waals surface area contributed by atoms with Crippen molar-refractivity contribution in [3.8, 4) is 17.2 Å². The molecule has 0 atom stereocenters. The molecule has 0 aliphatic rings. The molecule has 0 saturated carbocycles. The Kier molecular flexibility index (Phi) is 6.49.